The molecule has 84 valence electrons. The topological polar surface area (TPSA) is 29.5 Å². The molecule has 0 bridgehead atoms. The summed E-state index contributed by atoms with van der Waals surface area (Å²) in [6, 6.07) is 11.2. The number of aromatic hydroxyl groups is 1. The van der Waals surface area contributed by atoms with Gasteiger partial charge in [-0.2, -0.15) is 0 Å². The highest BCUT2D eigenvalue weighted by atomic mass is 35.5. The molecular weight excluding hydrogens is 224 g/mol. The van der Waals surface area contributed by atoms with Crippen molar-refractivity contribution in [3.63, 3.8) is 0 Å². The van der Waals surface area contributed by atoms with E-state index in [0.717, 1.165) is 10.8 Å². The summed E-state index contributed by atoms with van der Waals surface area (Å²) < 4.78 is 5.46. The van der Waals surface area contributed by atoms with Gasteiger partial charge in [-0.1, -0.05) is 41.9 Å². The zero-order valence-electron chi connectivity index (χ0n) is 9.20. The number of phenols is 1. The third-order valence-corrected chi connectivity index (χ3v) is 2.29. The molecule has 0 aliphatic carbocycles. The van der Waals surface area contributed by atoms with E-state index in [1.807, 2.05) is 30.3 Å². The van der Waals surface area contributed by atoms with Crippen LogP contribution in [0.5, 0.6) is 11.5 Å². The van der Waals surface area contributed by atoms with E-state index in [4.69, 9.17) is 16.3 Å². The summed E-state index contributed by atoms with van der Waals surface area (Å²) in [5, 5.41) is 10.9. The minimum absolute atomic E-state index is 0.131. The van der Waals surface area contributed by atoms with Crippen LogP contribution in [-0.4, -0.2) is 10.2 Å². The molecule has 0 atom stereocenters. The van der Waals surface area contributed by atoms with Gasteiger partial charge >= 0.3 is 0 Å². The number of phenolic OH excluding ortho intramolecular Hbond substituents is 1. The fourth-order valence-corrected chi connectivity index (χ4v) is 1.66. The van der Waals surface area contributed by atoms with Gasteiger partial charge in [0.25, 0.3) is 0 Å². The van der Waals surface area contributed by atoms with Crippen molar-refractivity contribution in [1.82, 2.24) is 0 Å². The molecule has 3 heteroatoms. The van der Waals surface area contributed by atoms with Crippen molar-refractivity contribution >= 4 is 22.4 Å². The van der Waals surface area contributed by atoms with Gasteiger partial charge in [-0.05, 0) is 25.3 Å². The van der Waals surface area contributed by atoms with Crippen LogP contribution in [-0.2, 0) is 0 Å². The van der Waals surface area contributed by atoms with Gasteiger partial charge in [-0.3, -0.25) is 0 Å². The van der Waals surface area contributed by atoms with Crippen molar-refractivity contribution in [2.75, 3.05) is 0 Å². The Morgan fingerprint density at radius 2 is 1.81 bits per heavy atom. The summed E-state index contributed by atoms with van der Waals surface area (Å²) in [5.41, 5.74) is 0. The zero-order chi connectivity index (χ0) is 11.8. The number of ether oxygens (including phenoxy) is 1. The van der Waals surface area contributed by atoms with E-state index in [9.17, 15) is 5.11 Å². The highest BCUT2D eigenvalue weighted by Gasteiger charge is 2.17. The molecule has 0 aromatic heterocycles. The predicted octanol–water partition coefficient (Wildman–Crippen LogP) is 3.90. The fraction of sp³-hybridized carbons (Fsp3) is 0.231. The van der Waals surface area contributed by atoms with Crippen molar-refractivity contribution in [2.45, 2.75) is 18.9 Å². The lowest BCUT2D eigenvalue weighted by atomic mass is 10.1. The maximum atomic E-state index is 10.0. The van der Waals surface area contributed by atoms with Crippen LogP contribution >= 0.6 is 11.6 Å². The first kappa shape index (κ1) is 11.1. The van der Waals surface area contributed by atoms with E-state index in [2.05, 4.69) is 0 Å². The molecule has 0 saturated heterocycles. The van der Waals surface area contributed by atoms with Crippen molar-refractivity contribution in [2.24, 2.45) is 0 Å². The molecule has 2 aromatic carbocycles. The Labute approximate surface area is 99.4 Å². The molecule has 0 saturated carbocycles. The Kier molecular flexibility index (Phi) is 2.68. The fourth-order valence-electron chi connectivity index (χ4n) is 1.58. The molecule has 0 heterocycles. The largest absolute Gasteiger partial charge is 0.504 e. The van der Waals surface area contributed by atoms with E-state index in [0.29, 0.717) is 5.75 Å². The van der Waals surface area contributed by atoms with Crippen molar-refractivity contribution < 1.29 is 9.84 Å². The molecule has 0 spiro atoms. The molecule has 16 heavy (non-hydrogen) atoms. The van der Waals surface area contributed by atoms with Gasteiger partial charge in [0.15, 0.2) is 16.6 Å². The van der Waals surface area contributed by atoms with Gasteiger partial charge in [0, 0.05) is 5.39 Å². The molecule has 0 fully saturated rings. The maximum Gasteiger partial charge on any atom is 0.177 e. The zero-order valence-corrected chi connectivity index (χ0v) is 9.95. The monoisotopic (exact) mass is 236 g/mol. The van der Waals surface area contributed by atoms with E-state index >= 15 is 0 Å². The summed E-state index contributed by atoms with van der Waals surface area (Å²) in [4.78, 5) is 0. The van der Waals surface area contributed by atoms with Crippen LogP contribution in [0.25, 0.3) is 10.8 Å². The Morgan fingerprint density at radius 1 is 1.12 bits per heavy atom. The van der Waals surface area contributed by atoms with Crippen LogP contribution in [0, 0.1) is 0 Å². The Hall–Kier alpha value is -1.41. The highest BCUT2D eigenvalue weighted by Crippen LogP contribution is 2.36. The van der Waals surface area contributed by atoms with Crippen LogP contribution in [0.3, 0.4) is 0 Å². The van der Waals surface area contributed by atoms with Crippen LogP contribution < -0.4 is 4.74 Å². The number of fused-ring (bicyclic) bond motifs is 1. The first-order valence-corrected chi connectivity index (χ1v) is 5.44. The number of hydrogen-bond donors (Lipinski definition) is 1. The number of halogens is 1. The molecular formula is C13H13ClO2. The van der Waals surface area contributed by atoms with Gasteiger partial charge in [0.2, 0.25) is 0 Å². The van der Waals surface area contributed by atoms with Gasteiger partial charge in [0.1, 0.15) is 0 Å². The lowest BCUT2D eigenvalue weighted by Crippen LogP contribution is -2.19. The molecule has 2 rings (SSSR count). The van der Waals surface area contributed by atoms with Crippen molar-refractivity contribution in [1.29, 1.82) is 0 Å². The summed E-state index contributed by atoms with van der Waals surface area (Å²) in [6.45, 7) is 3.45. The second-order valence-corrected chi connectivity index (χ2v) is 5.01. The molecule has 1 N–H and O–H groups in total. The molecule has 2 aromatic rings. The third-order valence-electron chi connectivity index (χ3n) is 2.22. The minimum Gasteiger partial charge on any atom is -0.504 e. The van der Waals surface area contributed by atoms with Crippen LogP contribution in [0.15, 0.2) is 36.4 Å². The lowest BCUT2D eigenvalue weighted by molar-refractivity contribution is 0.192. The average molecular weight is 237 g/mol. The number of hydrogen-bond acceptors (Lipinski definition) is 2. The Balaban J connectivity index is 2.53. The summed E-state index contributed by atoms with van der Waals surface area (Å²) in [6.07, 6.45) is 0. The SMILES string of the molecule is CC(C)(Cl)Oc1ccc2ccccc2c1O. The molecule has 0 unspecified atom stereocenters. The van der Waals surface area contributed by atoms with E-state index in [1.54, 1.807) is 19.9 Å². The van der Waals surface area contributed by atoms with Gasteiger partial charge in [-0.25, -0.2) is 0 Å². The lowest BCUT2D eigenvalue weighted by Gasteiger charge is -2.19. The van der Waals surface area contributed by atoms with E-state index < -0.39 is 5.06 Å². The standard InChI is InChI=1S/C13H13ClO2/c1-13(2,14)16-11-8-7-9-5-3-4-6-10(9)12(11)15/h3-8,15H,1-2H3. The van der Waals surface area contributed by atoms with Gasteiger partial charge in [0.05, 0.1) is 0 Å². The maximum absolute atomic E-state index is 10.0. The van der Waals surface area contributed by atoms with Crippen molar-refractivity contribution in [3.05, 3.63) is 36.4 Å². The predicted molar refractivity (Wildman–Crippen MR) is 66.2 cm³/mol. The third kappa shape index (κ3) is 2.22. The average Bonchev–Trinajstić information content (AvgIpc) is 2.21. The first-order valence-electron chi connectivity index (χ1n) is 5.06. The molecule has 0 aliphatic heterocycles. The summed E-state index contributed by atoms with van der Waals surface area (Å²) in [5.74, 6) is 0.533. The Bertz CT molecular complexity index is 515. The van der Waals surface area contributed by atoms with Crippen molar-refractivity contribution in [3.8, 4) is 11.5 Å². The van der Waals surface area contributed by atoms with Crippen LogP contribution in [0.1, 0.15) is 13.8 Å². The number of alkyl halides is 1. The highest BCUT2D eigenvalue weighted by molar-refractivity contribution is 6.22. The molecule has 0 radical (unpaired) electrons. The van der Waals surface area contributed by atoms with E-state index in [-0.39, 0.29) is 5.75 Å². The summed E-state index contributed by atoms with van der Waals surface area (Å²) in [7, 11) is 0. The Morgan fingerprint density at radius 3 is 2.50 bits per heavy atom. The molecule has 2 nitrogen and oxygen atoms in total. The quantitative estimate of drug-likeness (QED) is 0.802. The van der Waals surface area contributed by atoms with Gasteiger partial charge in [-0.15, -0.1) is 0 Å². The molecule has 0 aliphatic rings. The van der Waals surface area contributed by atoms with Crippen LogP contribution in [0.2, 0.25) is 0 Å². The second kappa shape index (κ2) is 3.87. The minimum atomic E-state index is -0.833. The number of rotatable bonds is 2. The van der Waals surface area contributed by atoms with E-state index in [1.165, 1.54) is 0 Å². The second-order valence-electron chi connectivity index (χ2n) is 4.10. The first-order chi connectivity index (χ1) is 7.47. The smallest absolute Gasteiger partial charge is 0.177 e. The normalized spacial score (nSPS) is 11.7. The molecule has 0 amide bonds. The van der Waals surface area contributed by atoms with Crippen LogP contribution in [0.4, 0.5) is 0 Å². The number of benzene rings is 2. The van der Waals surface area contributed by atoms with Gasteiger partial charge < -0.3 is 9.84 Å². The summed E-state index contributed by atoms with van der Waals surface area (Å²) >= 11 is 5.96.